The van der Waals surface area contributed by atoms with Crippen molar-refractivity contribution < 1.29 is 18.0 Å². The highest BCUT2D eigenvalue weighted by atomic mass is 32.2. The molecule has 0 aliphatic heterocycles. The van der Waals surface area contributed by atoms with Crippen molar-refractivity contribution in [3.05, 3.63) is 65.2 Å². The molecule has 0 saturated carbocycles. The number of carbonyl (C=O) groups excluding carboxylic acids is 2. The summed E-state index contributed by atoms with van der Waals surface area (Å²) in [7, 11) is -0.204. The predicted octanol–water partition coefficient (Wildman–Crippen LogP) is 2.74. The molecule has 0 radical (unpaired) electrons. The molecule has 7 nitrogen and oxygen atoms in total. The molecule has 162 valence electrons. The third-order valence-corrected chi connectivity index (χ3v) is 6.13. The average Bonchev–Trinajstić information content (AvgIpc) is 2.70. The molecule has 1 N–H and O–H groups in total. The maximum Gasteiger partial charge on any atom is 0.254 e. The summed E-state index contributed by atoms with van der Waals surface area (Å²) in [5, 5.41) is 0. The van der Waals surface area contributed by atoms with E-state index in [0.717, 1.165) is 5.56 Å². The van der Waals surface area contributed by atoms with Gasteiger partial charge in [0.25, 0.3) is 11.8 Å². The molecule has 0 saturated heterocycles. The van der Waals surface area contributed by atoms with Crippen molar-refractivity contribution in [3.63, 3.8) is 0 Å². The minimum absolute atomic E-state index is 0.0769. The second-order valence-corrected chi connectivity index (χ2v) is 9.23. The summed E-state index contributed by atoms with van der Waals surface area (Å²) < 4.78 is 27.0. The van der Waals surface area contributed by atoms with Crippen LogP contribution in [0, 0.1) is 0 Å². The van der Waals surface area contributed by atoms with E-state index in [0.29, 0.717) is 24.2 Å². The quantitative estimate of drug-likeness (QED) is 0.696. The van der Waals surface area contributed by atoms with Gasteiger partial charge >= 0.3 is 0 Å². The maximum atomic E-state index is 12.9. The standard InChI is InChI=1S/C22H29N3O4S/c1-6-25(15-17-7-9-18(10-8-17)21(26)24(4)5)22(27)19-11-13-20(14-12-19)30(28,29)23-16(2)3/h7-14,16,23H,6,15H2,1-5H3. The molecule has 30 heavy (non-hydrogen) atoms. The lowest BCUT2D eigenvalue weighted by Crippen LogP contribution is -2.31. The van der Waals surface area contributed by atoms with Crippen LogP contribution in [0.3, 0.4) is 0 Å². The number of nitrogens with one attached hydrogen (secondary N) is 1. The van der Waals surface area contributed by atoms with Crippen LogP contribution in [-0.4, -0.2) is 56.7 Å². The maximum absolute atomic E-state index is 12.9. The predicted molar refractivity (Wildman–Crippen MR) is 117 cm³/mol. The molecule has 0 unspecified atom stereocenters. The molecule has 0 heterocycles. The summed E-state index contributed by atoms with van der Waals surface area (Å²) in [6.07, 6.45) is 0. The summed E-state index contributed by atoms with van der Waals surface area (Å²) in [6, 6.07) is 12.9. The van der Waals surface area contributed by atoms with E-state index < -0.39 is 10.0 Å². The minimum Gasteiger partial charge on any atom is -0.345 e. The zero-order valence-corrected chi connectivity index (χ0v) is 18.9. The van der Waals surface area contributed by atoms with Crippen LogP contribution in [-0.2, 0) is 16.6 Å². The molecule has 2 aromatic carbocycles. The van der Waals surface area contributed by atoms with E-state index in [2.05, 4.69) is 4.72 Å². The van der Waals surface area contributed by atoms with Crippen LogP contribution < -0.4 is 4.72 Å². The molecule has 2 rings (SSSR count). The van der Waals surface area contributed by atoms with E-state index in [-0.39, 0.29) is 22.8 Å². The van der Waals surface area contributed by atoms with Crippen LogP contribution in [0.5, 0.6) is 0 Å². The monoisotopic (exact) mass is 431 g/mol. The Morgan fingerprint density at radius 2 is 1.40 bits per heavy atom. The van der Waals surface area contributed by atoms with Crippen LogP contribution in [0.1, 0.15) is 47.1 Å². The van der Waals surface area contributed by atoms with Gasteiger partial charge in [0.2, 0.25) is 10.0 Å². The first-order chi connectivity index (χ1) is 14.0. The van der Waals surface area contributed by atoms with Crippen LogP contribution in [0.25, 0.3) is 0 Å². The second-order valence-electron chi connectivity index (χ2n) is 7.52. The molecule has 2 amide bonds. The first-order valence-corrected chi connectivity index (χ1v) is 11.3. The molecule has 0 atom stereocenters. The largest absolute Gasteiger partial charge is 0.345 e. The van der Waals surface area contributed by atoms with Gasteiger partial charge in [0.15, 0.2) is 0 Å². The normalized spacial score (nSPS) is 11.4. The Morgan fingerprint density at radius 3 is 1.87 bits per heavy atom. The van der Waals surface area contributed by atoms with Crippen molar-refractivity contribution in [2.75, 3.05) is 20.6 Å². The fourth-order valence-electron chi connectivity index (χ4n) is 2.90. The van der Waals surface area contributed by atoms with E-state index in [1.165, 1.54) is 29.2 Å². The van der Waals surface area contributed by atoms with Gasteiger partial charge in [0, 0.05) is 44.4 Å². The fourth-order valence-corrected chi connectivity index (χ4v) is 4.15. The number of carbonyl (C=O) groups is 2. The van der Waals surface area contributed by atoms with Gasteiger partial charge in [-0.1, -0.05) is 12.1 Å². The minimum atomic E-state index is -3.60. The second kappa shape index (κ2) is 9.86. The van der Waals surface area contributed by atoms with E-state index in [1.54, 1.807) is 45.0 Å². The van der Waals surface area contributed by atoms with Gasteiger partial charge < -0.3 is 9.80 Å². The number of hydrogen-bond donors (Lipinski definition) is 1. The Bertz CT molecular complexity index is 982. The zero-order chi connectivity index (χ0) is 22.5. The van der Waals surface area contributed by atoms with Gasteiger partial charge in [-0.25, -0.2) is 13.1 Å². The molecular weight excluding hydrogens is 402 g/mol. The van der Waals surface area contributed by atoms with Crippen LogP contribution in [0.4, 0.5) is 0 Å². The molecule has 0 bridgehead atoms. The first-order valence-electron chi connectivity index (χ1n) is 9.77. The Hall–Kier alpha value is -2.71. The molecule has 2 aromatic rings. The van der Waals surface area contributed by atoms with Gasteiger partial charge in [-0.15, -0.1) is 0 Å². The number of nitrogens with zero attached hydrogens (tertiary/aromatic N) is 2. The third-order valence-electron chi connectivity index (χ3n) is 4.45. The van der Waals surface area contributed by atoms with Crippen molar-refractivity contribution in [2.45, 2.75) is 38.3 Å². The number of amides is 2. The summed E-state index contributed by atoms with van der Waals surface area (Å²) in [5.41, 5.74) is 1.91. The molecular formula is C22H29N3O4S. The smallest absolute Gasteiger partial charge is 0.254 e. The van der Waals surface area contributed by atoms with Gasteiger partial charge in [-0.3, -0.25) is 9.59 Å². The van der Waals surface area contributed by atoms with E-state index in [9.17, 15) is 18.0 Å². The van der Waals surface area contributed by atoms with Crippen molar-refractivity contribution >= 4 is 21.8 Å². The first kappa shape index (κ1) is 23.6. The molecule has 0 fully saturated rings. The van der Waals surface area contributed by atoms with Crippen molar-refractivity contribution in [2.24, 2.45) is 0 Å². The molecule has 8 heteroatoms. The number of rotatable bonds is 8. The molecule has 0 aliphatic carbocycles. The molecule has 0 spiro atoms. The SMILES string of the molecule is CCN(Cc1ccc(C(=O)N(C)C)cc1)C(=O)c1ccc(S(=O)(=O)NC(C)C)cc1. The number of benzene rings is 2. The highest BCUT2D eigenvalue weighted by molar-refractivity contribution is 7.89. The average molecular weight is 432 g/mol. The van der Waals surface area contributed by atoms with Crippen molar-refractivity contribution in [1.82, 2.24) is 14.5 Å². The van der Waals surface area contributed by atoms with Gasteiger partial charge in [-0.05, 0) is 62.7 Å². The third kappa shape index (κ3) is 5.90. The lowest BCUT2D eigenvalue weighted by Gasteiger charge is -2.21. The van der Waals surface area contributed by atoms with Crippen LogP contribution in [0.15, 0.2) is 53.4 Å². The van der Waals surface area contributed by atoms with E-state index in [4.69, 9.17) is 0 Å². The van der Waals surface area contributed by atoms with E-state index in [1.807, 2.05) is 19.1 Å². The van der Waals surface area contributed by atoms with Gasteiger partial charge in [0.1, 0.15) is 0 Å². The van der Waals surface area contributed by atoms with Gasteiger partial charge in [-0.2, -0.15) is 0 Å². The Balaban J connectivity index is 2.13. The topological polar surface area (TPSA) is 86.8 Å². The Labute approximate surface area is 178 Å². The lowest BCUT2D eigenvalue weighted by molar-refractivity contribution is 0.0751. The lowest BCUT2D eigenvalue weighted by atomic mass is 10.1. The van der Waals surface area contributed by atoms with Crippen LogP contribution >= 0.6 is 0 Å². The zero-order valence-electron chi connectivity index (χ0n) is 18.0. The van der Waals surface area contributed by atoms with Crippen molar-refractivity contribution in [3.8, 4) is 0 Å². The number of hydrogen-bond acceptors (Lipinski definition) is 4. The molecule has 0 aromatic heterocycles. The van der Waals surface area contributed by atoms with E-state index >= 15 is 0 Å². The summed E-state index contributed by atoms with van der Waals surface area (Å²) in [5.74, 6) is -0.265. The Kier molecular flexibility index (Phi) is 7.75. The summed E-state index contributed by atoms with van der Waals surface area (Å²) in [6.45, 7) is 6.26. The van der Waals surface area contributed by atoms with Gasteiger partial charge in [0.05, 0.1) is 4.90 Å². The Morgan fingerprint density at radius 1 is 0.900 bits per heavy atom. The molecule has 0 aliphatic rings. The fraction of sp³-hybridized carbons (Fsp3) is 0.364. The van der Waals surface area contributed by atoms with Crippen LogP contribution in [0.2, 0.25) is 0 Å². The number of sulfonamides is 1. The highest BCUT2D eigenvalue weighted by Crippen LogP contribution is 2.15. The highest BCUT2D eigenvalue weighted by Gasteiger charge is 2.18. The summed E-state index contributed by atoms with van der Waals surface area (Å²) >= 11 is 0. The van der Waals surface area contributed by atoms with Crippen molar-refractivity contribution in [1.29, 1.82) is 0 Å². The summed E-state index contributed by atoms with van der Waals surface area (Å²) in [4.78, 5) is 28.2.